The minimum absolute atomic E-state index is 0.125. The van der Waals surface area contributed by atoms with E-state index in [9.17, 15) is 4.79 Å². The number of rotatable bonds is 3. The Kier molecular flexibility index (Phi) is 6.58. The molecule has 0 saturated heterocycles. The van der Waals surface area contributed by atoms with E-state index in [-0.39, 0.29) is 5.56 Å². The van der Waals surface area contributed by atoms with Crippen molar-refractivity contribution in [2.45, 2.75) is 27.3 Å². The number of hydrogen-bond acceptors (Lipinski definition) is 3. The van der Waals surface area contributed by atoms with Crippen molar-refractivity contribution in [2.24, 2.45) is 0 Å². The molecule has 8 heteroatoms. The molecule has 0 bridgehead atoms. The molecule has 1 N–H and O–H groups in total. The lowest BCUT2D eigenvalue weighted by Crippen LogP contribution is -2.17. The highest BCUT2D eigenvalue weighted by atomic mass is 127. The molecule has 5 nitrogen and oxygen atoms in total. The number of benzene rings is 2. The molecule has 4 aromatic rings. The summed E-state index contributed by atoms with van der Waals surface area (Å²) in [6.45, 7) is 6.50. The number of H-pyrrole nitrogens is 1. The van der Waals surface area contributed by atoms with Crippen molar-refractivity contribution in [2.75, 3.05) is 0 Å². The van der Waals surface area contributed by atoms with E-state index >= 15 is 0 Å². The third-order valence-electron chi connectivity index (χ3n) is 4.45. The first-order valence-corrected chi connectivity index (χ1v) is 12.8. The molecule has 2 aromatic heterocycles. The van der Waals surface area contributed by atoms with Gasteiger partial charge in [0.25, 0.3) is 5.56 Å². The van der Waals surface area contributed by atoms with Crippen molar-refractivity contribution in [1.29, 1.82) is 5.26 Å². The van der Waals surface area contributed by atoms with Crippen LogP contribution in [0.25, 0.3) is 21.8 Å². The number of halogens is 2. The van der Waals surface area contributed by atoms with Gasteiger partial charge in [-0.1, -0.05) is 29.8 Å². The third kappa shape index (κ3) is 3.63. The molecule has 0 unspecified atom stereocenters. The predicted molar refractivity (Wildman–Crippen MR) is 129 cm³/mol. The third-order valence-corrected chi connectivity index (χ3v) is 6.89. The van der Waals surface area contributed by atoms with Gasteiger partial charge in [-0.15, -0.1) is 0 Å². The second kappa shape index (κ2) is 8.76. The maximum absolute atomic E-state index is 12.8. The Bertz CT molecular complexity index is 1270. The van der Waals surface area contributed by atoms with Crippen LogP contribution in [0.5, 0.6) is 0 Å². The Morgan fingerprint density at radius 3 is 2.68 bits per heavy atom. The average Bonchev–Trinajstić information content (AvgIpc) is 3.28. The van der Waals surface area contributed by atoms with Crippen LogP contribution in [0.4, 0.5) is 0 Å². The van der Waals surface area contributed by atoms with Gasteiger partial charge in [0.15, 0.2) is 0 Å². The SMILES string of the molecule is CC.Cc1cc(Br)c(Cn2[nH]c3ccc(C#N)cc3c2=O)c2ccn(SI)c12. The van der Waals surface area contributed by atoms with Crippen molar-refractivity contribution in [3.8, 4) is 6.07 Å². The topological polar surface area (TPSA) is 66.5 Å². The van der Waals surface area contributed by atoms with E-state index in [0.717, 1.165) is 26.5 Å². The molecule has 2 aromatic carbocycles. The van der Waals surface area contributed by atoms with Crippen LogP contribution in [-0.2, 0) is 6.54 Å². The number of nitrogens with one attached hydrogen (secondary N) is 1. The summed E-state index contributed by atoms with van der Waals surface area (Å²) in [5.41, 5.74) is 4.46. The highest BCUT2D eigenvalue weighted by molar-refractivity contribution is 14.2. The summed E-state index contributed by atoms with van der Waals surface area (Å²) in [4.78, 5) is 12.8. The second-order valence-corrected chi connectivity index (χ2v) is 8.57. The Labute approximate surface area is 187 Å². The van der Waals surface area contributed by atoms with Crippen LogP contribution in [0, 0.1) is 18.3 Å². The minimum Gasteiger partial charge on any atom is -0.295 e. The molecule has 4 rings (SSSR count). The highest BCUT2D eigenvalue weighted by Crippen LogP contribution is 2.34. The Morgan fingerprint density at radius 2 is 2.00 bits per heavy atom. The first-order chi connectivity index (χ1) is 13.5. The number of aromatic amines is 1. The standard InChI is InChI=1S/C18H12BrIN4OS.C2H6/c1-10-6-15(19)14(12-4-5-24(26-20)17(10)12)9-23-18(25)13-7-11(8-21)2-3-16(13)22-23;1-2/h2-7,22H,9H2,1H3;1-2H3. The lowest BCUT2D eigenvalue weighted by Gasteiger charge is -2.11. The average molecular weight is 569 g/mol. The zero-order chi connectivity index (χ0) is 20.4. The van der Waals surface area contributed by atoms with Crippen molar-refractivity contribution in [3.05, 3.63) is 68.0 Å². The van der Waals surface area contributed by atoms with E-state index in [2.05, 4.69) is 71.3 Å². The molecule has 0 radical (unpaired) electrons. The number of aromatic nitrogens is 3. The van der Waals surface area contributed by atoms with E-state index < -0.39 is 0 Å². The van der Waals surface area contributed by atoms with Crippen LogP contribution in [0.2, 0.25) is 0 Å². The second-order valence-electron chi connectivity index (χ2n) is 6.00. The predicted octanol–water partition coefficient (Wildman–Crippen LogP) is 6.15. The van der Waals surface area contributed by atoms with Gasteiger partial charge in [0.2, 0.25) is 0 Å². The summed E-state index contributed by atoms with van der Waals surface area (Å²) in [6.07, 6.45) is 2.04. The van der Waals surface area contributed by atoms with Crippen molar-refractivity contribution in [1.82, 2.24) is 13.8 Å². The smallest absolute Gasteiger partial charge is 0.274 e. The monoisotopic (exact) mass is 568 g/mol. The van der Waals surface area contributed by atoms with E-state index in [0.29, 0.717) is 17.5 Å². The van der Waals surface area contributed by atoms with Crippen LogP contribution in [-0.4, -0.2) is 13.8 Å². The summed E-state index contributed by atoms with van der Waals surface area (Å²) in [5, 5.41) is 13.9. The van der Waals surface area contributed by atoms with E-state index in [1.165, 1.54) is 5.56 Å². The number of nitriles is 1. The summed E-state index contributed by atoms with van der Waals surface area (Å²) in [7, 11) is 1.62. The highest BCUT2D eigenvalue weighted by Gasteiger charge is 2.15. The van der Waals surface area contributed by atoms with Gasteiger partial charge < -0.3 is 0 Å². The van der Waals surface area contributed by atoms with Gasteiger partial charge in [-0.25, -0.2) is 4.68 Å². The minimum atomic E-state index is -0.125. The van der Waals surface area contributed by atoms with Crippen LogP contribution in [0.1, 0.15) is 30.5 Å². The molecule has 0 spiro atoms. The largest absolute Gasteiger partial charge is 0.295 e. The fourth-order valence-electron chi connectivity index (χ4n) is 3.24. The van der Waals surface area contributed by atoms with Gasteiger partial charge in [-0.05, 0) is 48.4 Å². The molecule has 0 fully saturated rings. The van der Waals surface area contributed by atoms with Gasteiger partial charge in [-0.3, -0.25) is 13.9 Å². The zero-order valence-corrected chi connectivity index (χ0v) is 20.1. The molecule has 2 heterocycles. The van der Waals surface area contributed by atoms with Gasteiger partial charge in [0.1, 0.15) is 0 Å². The van der Waals surface area contributed by atoms with Gasteiger partial charge in [0, 0.05) is 46.4 Å². The number of aryl methyl sites for hydroxylation is 1. The summed E-state index contributed by atoms with van der Waals surface area (Å²) < 4.78 is 4.69. The zero-order valence-electron chi connectivity index (χ0n) is 15.6. The number of hydrogen-bond donors (Lipinski definition) is 1. The quantitative estimate of drug-likeness (QED) is 0.301. The Morgan fingerprint density at radius 1 is 1.25 bits per heavy atom. The summed E-state index contributed by atoms with van der Waals surface area (Å²) >= 11 is 5.92. The molecule has 144 valence electrons. The molecule has 0 amide bonds. The molecular weight excluding hydrogens is 551 g/mol. The maximum Gasteiger partial charge on any atom is 0.274 e. The van der Waals surface area contributed by atoms with Crippen molar-refractivity contribution < 1.29 is 0 Å². The van der Waals surface area contributed by atoms with Crippen molar-refractivity contribution in [3.63, 3.8) is 0 Å². The molecule has 0 aliphatic heterocycles. The van der Waals surface area contributed by atoms with E-state index in [1.54, 1.807) is 32.0 Å². The molecule has 28 heavy (non-hydrogen) atoms. The molecular formula is C20H18BrIN4OS. The lowest BCUT2D eigenvalue weighted by molar-refractivity contribution is 0.674. The van der Waals surface area contributed by atoms with Gasteiger partial charge in [0.05, 0.1) is 34.6 Å². The van der Waals surface area contributed by atoms with Crippen molar-refractivity contribution >= 4 is 68.1 Å². The lowest BCUT2D eigenvalue weighted by atomic mass is 10.1. The summed E-state index contributed by atoms with van der Waals surface area (Å²) in [6, 6.07) is 11.4. The van der Waals surface area contributed by atoms with E-state index in [4.69, 9.17) is 5.26 Å². The normalized spacial score (nSPS) is 10.7. The van der Waals surface area contributed by atoms with Crippen LogP contribution in [0.15, 0.2) is 45.8 Å². The van der Waals surface area contributed by atoms with Crippen LogP contribution >= 0.6 is 46.3 Å². The van der Waals surface area contributed by atoms with Gasteiger partial charge >= 0.3 is 0 Å². The molecule has 0 atom stereocenters. The summed E-state index contributed by atoms with van der Waals surface area (Å²) in [5.74, 6) is 0. The maximum atomic E-state index is 12.8. The molecule has 0 aliphatic carbocycles. The number of fused-ring (bicyclic) bond motifs is 2. The first kappa shape index (κ1) is 21.0. The molecule has 0 saturated carbocycles. The fourth-order valence-corrected chi connectivity index (χ4v) is 5.32. The Balaban J connectivity index is 0.00000109. The number of nitrogens with zero attached hydrogens (tertiary/aromatic N) is 3. The Hall–Kier alpha value is -1.70. The van der Waals surface area contributed by atoms with Crippen LogP contribution in [0.3, 0.4) is 0 Å². The van der Waals surface area contributed by atoms with E-state index in [1.807, 2.05) is 20.0 Å². The molecule has 0 aliphatic rings. The van der Waals surface area contributed by atoms with Crippen LogP contribution < -0.4 is 5.56 Å². The fraction of sp³-hybridized carbons (Fsp3) is 0.200. The van der Waals surface area contributed by atoms with Gasteiger partial charge in [-0.2, -0.15) is 5.26 Å². The first-order valence-electron chi connectivity index (χ1n) is 8.74.